The van der Waals surface area contributed by atoms with Gasteiger partial charge in [-0.2, -0.15) is 0 Å². The molecule has 5 nitrogen and oxygen atoms in total. The number of fused-ring (bicyclic) bond motifs is 1. The Bertz CT molecular complexity index is 617. The van der Waals surface area contributed by atoms with Crippen LogP contribution in [0.4, 0.5) is 0 Å². The summed E-state index contributed by atoms with van der Waals surface area (Å²) in [5.41, 5.74) is 6.56. The van der Waals surface area contributed by atoms with Crippen molar-refractivity contribution in [3.8, 4) is 0 Å². The highest BCUT2D eigenvalue weighted by Crippen LogP contribution is 2.27. The molecule has 104 valence electrons. The number of hydrogen-bond donors (Lipinski definition) is 2. The normalized spacial score (nSPS) is 18.0. The molecule has 3 rings (SSSR count). The van der Waals surface area contributed by atoms with Crippen molar-refractivity contribution < 1.29 is 4.79 Å². The molecule has 5 heteroatoms. The zero-order valence-electron chi connectivity index (χ0n) is 11.2. The largest absolute Gasteiger partial charge is 0.368 e. The van der Waals surface area contributed by atoms with Crippen molar-refractivity contribution in [3.63, 3.8) is 0 Å². The Morgan fingerprint density at radius 3 is 2.75 bits per heavy atom. The van der Waals surface area contributed by atoms with E-state index in [2.05, 4.69) is 15.2 Å². The number of benzene rings is 1. The van der Waals surface area contributed by atoms with Gasteiger partial charge in [0.2, 0.25) is 5.91 Å². The smallest absolute Gasteiger partial charge is 0.239 e. The van der Waals surface area contributed by atoms with Gasteiger partial charge in [-0.25, -0.2) is 0 Å². The third-order valence-corrected chi connectivity index (χ3v) is 3.78. The van der Waals surface area contributed by atoms with Crippen LogP contribution < -0.4 is 11.1 Å². The standard InChI is InChI=1S/C15H18N4O/c16-15(20)14(19-7-5-17-6-8-19)13-10-18-9-11-3-1-2-4-12(11)13/h1-4,9-10,14,17H,5-8H2,(H2,16,20). The molecule has 1 amide bonds. The maximum atomic E-state index is 12.0. The predicted octanol–water partition coefficient (Wildman–Crippen LogP) is 0.666. The number of nitrogens with zero attached hydrogens (tertiary/aromatic N) is 2. The second kappa shape index (κ2) is 5.56. The van der Waals surface area contributed by atoms with Gasteiger partial charge in [0.25, 0.3) is 0 Å². The lowest BCUT2D eigenvalue weighted by molar-refractivity contribution is -0.123. The molecule has 2 heterocycles. The number of hydrogen-bond acceptors (Lipinski definition) is 4. The van der Waals surface area contributed by atoms with Crippen LogP contribution in [-0.4, -0.2) is 42.0 Å². The Balaban J connectivity index is 2.07. The van der Waals surface area contributed by atoms with Crippen molar-refractivity contribution in [3.05, 3.63) is 42.2 Å². The number of amides is 1. The van der Waals surface area contributed by atoms with Gasteiger partial charge in [-0.3, -0.25) is 14.7 Å². The van der Waals surface area contributed by atoms with Crippen molar-refractivity contribution in [1.29, 1.82) is 0 Å². The maximum absolute atomic E-state index is 12.0. The zero-order valence-corrected chi connectivity index (χ0v) is 11.2. The average Bonchev–Trinajstić information content (AvgIpc) is 2.48. The van der Waals surface area contributed by atoms with Crippen molar-refractivity contribution in [2.75, 3.05) is 26.2 Å². The number of pyridine rings is 1. The molecule has 2 aromatic rings. The third-order valence-electron chi connectivity index (χ3n) is 3.78. The minimum absolute atomic E-state index is 0.315. The van der Waals surface area contributed by atoms with Crippen LogP contribution in [0.25, 0.3) is 10.8 Å². The molecule has 1 fully saturated rings. The lowest BCUT2D eigenvalue weighted by Crippen LogP contribution is -2.48. The summed E-state index contributed by atoms with van der Waals surface area (Å²) in [4.78, 5) is 18.4. The Morgan fingerprint density at radius 2 is 2.00 bits per heavy atom. The van der Waals surface area contributed by atoms with Crippen molar-refractivity contribution in [2.45, 2.75) is 6.04 Å². The minimum atomic E-state index is -0.407. The average molecular weight is 270 g/mol. The quantitative estimate of drug-likeness (QED) is 0.860. The summed E-state index contributed by atoms with van der Waals surface area (Å²) in [5, 5.41) is 5.37. The fraction of sp³-hybridized carbons (Fsp3) is 0.333. The third kappa shape index (κ3) is 2.37. The highest BCUT2D eigenvalue weighted by Gasteiger charge is 2.28. The molecule has 1 aliphatic heterocycles. The van der Waals surface area contributed by atoms with Crippen molar-refractivity contribution in [2.24, 2.45) is 5.73 Å². The summed E-state index contributed by atoms with van der Waals surface area (Å²) in [6, 6.07) is 7.56. The van der Waals surface area contributed by atoms with Crippen LogP contribution in [0.15, 0.2) is 36.7 Å². The van der Waals surface area contributed by atoms with E-state index < -0.39 is 6.04 Å². The lowest BCUT2D eigenvalue weighted by Gasteiger charge is -2.33. The van der Waals surface area contributed by atoms with E-state index in [1.165, 1.54) is 0 Å². The highest BCUT2D eigenvalue weighted by molar-refractivity contribution is 5.91. The van der Waals surface area contributed by atoms with Gasteiger partial charge >= 0.3 is 0 Å². The lowest BCUT2D eigenvalue weighted by atomic mass is 9.99. The number of aromatic nitrogens is 1. The monoisotopic (exact) mass is 270 g/mol. The summed E-state index contributed by atoms with van der Waals surface area (Å²) in [6.45, 7) is 3.39. The van der Waals surface area contributed by atoms with Crippen LogP contribution in [0.3, 0.4) is 0 Å². The van der Waals surface area contributed by atoms with E-state index >= 15 is 0 Å². The molecular weight excluding hydrogens is 252 g/mol. The maximum Gasteiger partial charge on any atom is 0.239 e. The molecule has 1 unspecified atom stereocenters. The second-order valence-electron chi connectivity index (χ2n) is 5.04. The SMILES string of the molecule is NC(=O)C(c1cncc2ccccc12)N1CCNCC1. The van der Waals surface area contributed by atoms with Crippen LogP contribution in [0.1, 0.15) is 11.6 Å². The first-order valence-electron chi connectivity index (χ1n) is 6.84. The summed E-state index contributed by atoms with van der Waals surface area (Å²) in [6.07, 6.45) is 3.58. The van der Waals surface area contributed by atoms with Crippen LogP contribution in [0.2, 0.25) is 0 Å². The predicted molar refractivity (Wildman–Crippen MR) is 78.1 cm³/mol. The molecule has 1 aromatic heterocycles. The Hall–Kier alpha value is -1.98. The number of nitrogens with one attached hydrogen (secondary N) is 1. The fourth-order valence-corrected chi connectivity index (χ4v) is 2.83. The van der Waals surface area contributed by atoms with E-state index in [1.54, 1.807) is 6.20 Å². The Labute approximate surface area is 117 Å². The number of nitrogens with two attached hydrogens (primary N) is 1. The van der Waals surface area contributed by atoms with Crippen molar-refractivity contribution >= 4 is 16.7 Å². The van der Waals surface area contributed by atoms with E-state index in [1.807, 2.05) is 30.5 Å². The van der Waals surface area contributed by atoms with Gasteiger partial charge in [0.05, 0.1) is 0 Å². The molecule has 1 atom stereocenters. The van der Waals surface area contributed by atoms with Gasteiger partial charge < -0.3 is 11.1 Å². The number of piperazine rings is 1. The fourth-order valence-electron chi connectivity index (χ4n) is 2.83. The number of carbonyl (C=O) groups is 1. The summed E-state index contributed by atoms with van der Waals surface area (Å²) in [7, 11) is 0. The topological polar surface area (TPSA) is 71.2 Å². The van der Waals surface area contributed by atoms with Crippen LogP contribution in [0.5, 0.6) is 0 Å². The molecule has 0 aliphatic carbocycles. The van der Waals surface area contributed by atoms with Gasteiger partial charge in [-0.1, -0.05) is 24.3 Å². The molecule has 1 saturated heterocycles. The van der Waals surface area contributed by atoms with Gasteiger partial charge in [0.1, 0.15) is 6.04 Å². The molecule has 1 aliphatic rings. The van der Waals surface area contributed by atoms with Gasteiger partial charge in [0, 0.05) is 49.5 Å². The molecule has 0 bridgehead atoms. The number of carbonyl (C=O) groups excluding carboxylic acids is 1. The molecule has 20 heavy (non-hydrogen) atoms. The zero-order chi connectivity index (χ0) is 13.9. The Kier molecular flexibility index (Phi) is 3.62. The van der Waals surface area contributed by atoms with E-state index in [4.69, 9.17) is 5.73 Å². The molecule has 1 aromatic carbocycles. The molecule has 0 radical (unpaired) electrons. The van der Waals surface area contributed by atoms with Gasteiger partial charge in [-0.15, -0.1) is 0 Å². The molecule has 0 saturated carbocycles. The molecular formula is C15H18N4O. The van der Waals surface area contributed by atoms with Crippen LogP contribution in [-0.2, 0) is 4.79 Å². The van der Waals surface area contributed by atoms with E-state index in [-0.39, 0.29) is 5.91 Å². The molecule has 0 spiro atoms. The first-order chi connectivity index (χ1) is 9.77. The van der Waals surface area contributed by atoms with Gasteiger partial charge in [-0.05, 0) is 5.39 Å². The second-order valence-corrected chi connectivity index (χ2v) is 5.04. The van der Waals surface area contributed by atoms with Crippen LogP contribution >= 0.6 is 0 Å². The number of primary amides is 1. The van der Waals surface area contributed by atoms with E-state index in [0.717, 1.165) is 42.5 Å². The summed E-state index contributed by atoms with van der Waals surface area (Å²) >= 11 is 0. The van der Waals surface area contributed by atoms with Gasteiger partial charge in [0.15, 0.2) is 0 Å². The number of rotatable bonds is 3. The minimum Gasteiger partial charge on any atom is -0.368 e. The Morgan fingerprint density at radius 1 is 1.25 bits per heavy atom. The summed E-state index contributed by atoms with van der Waals surface area (Å²) in [5.74, 6) is -0.315. The first kappa shape index (κ1) is 13.0. The summed E-state index contributed by atoms with van der Waals surface area (Å²) < 4.78 is 0. The van der Waals surface area contributed by atoms with E-state index in [0.29, 0.717) is 0 Å². The first-order valence-corrected chi connectivity index (χ1v) is 6.84. The highest BCUT2D eigenvalue weighted by atomic mass is 16.1. The van der Waals surface area contributed by atoms with Crippen LogP contribution in [0, 0.1) is 0 Å². The van der Waals surface area contributed by atoms with E-state index in [9.17, 15) is 4.79 Å². The molecule has 3 N–H and O–H groups in total. The van der Waals surface area contributed by atoms with Crippen molar-refractivity contribution in [1.82, 2.24) is 15.2 Å².